The fourth-order valence-corrected chi connectivity index (χ4v) is 4.00. The van der Waals surface area contributed by atoms with Crippen LogP contribution in [0.3, 0.4) is 0 Å². The second kappa shape index (κ2) is 8.13. The van der Waals surface area contributed by atoms with Crippen LogP contribution >= 0.6 is 0 Å². The highest BCUT2D eigenvalue weighted by Crippen LogP contribution is 2.29. The summed E-state index contributed by atoms with van der Waals surface area (Å²) < 4.78 is 14.7. The van der Waals surface area contributed by atoms with Crippen molar-refractivity contribution in [3.63, 3.8) is 0 Å². The Labute approximate surface area is 181 Å². The second-order valence-corrected chi connectivity index (χ2v) is 7.81. The van der Waals surface area contributed by atoms with Crippen LogP contribution < -0.4 is 4.90 Å². The summed E-state index contributed by atoms with van der Waals surface area (Å²) in [4.78, 5) is 12.1. The lowest BCUT2D eigenvalue weighted by atomic mass is 10.1. The first-order valence-corrected chi connectivity index (χ1v) is 10.4. The van der Waals surface area contributed by atoms with Crippen LogP contribution in [0.1, 0.15) is 11.4 Å². The lowest BCUT2D eigenvalue weighted by Crippen LogP contribution is -2.36. The number of rotatable bonds is 5. The first-order valence-electron chi connectivity index (χ1n) is 10.4. The maximum Gasteiger partial charge on any atom is 0.164 e. The minimum Gasteiger partial charge on any atom is -0.378 e. The molecular formula is C23H26N6O2. The van der Waals surface area contributed by atoms with E-state index >= 15 is 0 Å². The summed E-state index contributed by atoms with van der Waals surface area (Å²) in [6.45, 7) is 5.58. The van der Waals surface area contributed by atoms with E-state index in [1.54, 1.807) is 7.11 Å². The Balaban J connectivity index is 1.62. The first-order chi connectivity index (χ1) is 15.1. The molecule has 4 aromatic rings. The van der Waals surface area contributed by atoms with Gasteiger partial charge in [0.05, 0.1) is 24.6 Å². The van der Waals surface area contributed by atoms with Crippen LogP contribution in [0.2, 0.25) is 0 Å². The molecule has 4 heterocycles. The van der Waals surface area contributed by atoms with Crippen molar-refractivity contribution in [1.29, 1.82) is 0 Å². The standard InChI is InChI=1S/C23H26N6O2/c1-16-5-4-6-17(13-16)18-7-8-29(26-18)20-14-19(28-9-11-31-12-10-28)22-23(25-20)27(2)21(24-22)15-30-3/h4-8,13-14H,9-12,15H2,1-3H3. The van der Waals surface area contributed by atoms with Crippen molar-refractivity contribution in [2.75, 3.05) is 38.3 Å². The summed E-state index contributed by atoms with van der Waals surface area (Å²) in [6.07, 6.45) is 1.96. The van der Waals surface area contributed by atoms with Gasteiger partial charge in [0.2, 0.25) is 0 Å². The first kappa shape index (κ1) is 19.7. The number of aromatic nitrogens is 5. The number of nitrogens with zero attached hydrogens (tertiary/aromatic N) is 6. The molecule has 31 heavy (non-hydrogen) atoms. The molecule has 0 radical (unpaired) electrons. The van der Waals surface area contributed by atoms with Crippen molar-refractivity contribution in [3.05, 3.63) is 54.0 Å². The number of hydrogen-bond acceptors (Lipinski definition) is 6. The van der Waals surface area contributed by atoms with E-state index in [0.717, 1.165) is 52.8 Å². The third kappa shape index (κ3) is 3.68. The molecule has 3 aromatic heterocycles. The quantitative estimate of drug-likeness (QED) is 0.496. The largest absolute Gasteiger partial charge is 0.378 e. The molecule has 0 atom stereocenters. The third-order valence-corrected chi connectivity index (χ3v) is 5.65. The van der Waals surface area contributed by atoms with Gasteiger partial charge in [0, 0.05) is 45.1 Å². The number of ether oxygens (including phenoxy) is 2. The Hall–Kier alpha value is -3.23. The van der Waals surface area contributed by atoms with Crippen LogP contribution in [-0.2, 0) is 23.1 Å². The molecule has 0 unspecified atom stereocenters. The summed E-state index contributed by atoms with van der Waals surface area (Å²) in [6, 6.07) is 12.5. The fraction of sp³-hybridized carbons (Fsp3) is 0.348. The molecule has 0 saturated carbocycles. The number of anilines is 1. The summed E-state index contributed by atoms with van der Waals surface area (Å²) >= 11 is 0. The Morgan fingerprint density at radius 1 is 1.10 bits per heavy atom. The zero-order valence-electron chi connectivity index (χ0n) is 18.1. The van der Waals surface area contributed by atoms with E-state index in [0.29, 0.717) is 19.8 Å². The SMILES string of the molecule is COCc1nc2c(N3CCOCC3)cc(-n3ccc(-c4cccc(C)c4)n3)nc2n1C. The smallest absolute Gasteiger partial charge is 0.164 e. The molecule has 1 aliphatic heterocycles. The molecule has 1 fully saturated rings. The molecule has 8 heteroatoms. The van der Waals surface area contributed by atoms with Crippen LogP contribution in [0.4, 0.5) is 5.69 Å². The topological polar surface area (TPSA) is 70.2 Å². The van der Waals surface area contributed by atoms with Gasteiger partial charge in [-0.05, 0) is 19.1 Å². The molecule has 1 aromatic carbocycles. The number of hydrogen-bond donors (Lipinski definition) is 0. The van der Waals surface area contributed by atoms with Gasteiger partial charge in [-0.25, -0.2) is 14.6 Å². The molecule has 1 saturated heterocycles. The van der Waals surface area contributed by atoms with E-state index in [1.165, 1.54) is 5.56 Å². The van der Waals surface area contributed by atoms with Crippen LogP contribution in [0.15, 0.2) is 42.6 Å². The van der Waals surface area contributed by atoms with E-state index in [-0.39, 0.29) is 0 Å². The van der Waals surface area contributed by atoms with Crippen LogP contribution in [0.25, 0.3) is 28.2 Å². The van der Waals surface area contributed by atoms with Gasteiger partial charge in [0.15, 0.2) is 11.5 Å². The molecule has 0 spiro atoms. The lowest BCUT2D eigenvalue weighted by Gasteiger charge is -2.29. The van der Waals surface area contributed by atoms with Crippen LogP contribution in [0, 0.1) is 6.92 Å². The molecule has 0 amide bonds. The predicted molar refractivity (Wildman–Crippen MR) is 120 cm³/mol. The number of aryl methyl sites for hydroxylation is 2. The molecule has 0 bridgehead atoms. The summed E-state index contributed by atoms with van der Waals surface area (Å²) in [5, 5.41) is 4.81. The van der Waals surface area contributed by atoms with E-state index in [2.05, 4.69) is 42.2 Å². The van der Waals surface area contributed by atoms with E-state index in [1.807, 2.05) is 28.6 Å². The number of fused-ring (bicyclic) bond motifs is 1. The second-order valence-electron chi connectivity index (χ2n) is 7.81. The van der Waals surface area contributed by atoms with E-state index < -0.39 is 0 Å². The fourth-order valence-electron chi connectivity index (χ4n) is 4.00. The summed E-state index contributed by atoms with van der Waals surface area (Å²) in [5.41, 5.74) is 5.97. The Bertz CT molecular complexity index is 1220. The lowest BCUT2D eigenvalue weighted by molar-refractivity contribution is 0.123. The van der Waals surface area contributed by atoms with Gasteiger partial charge in [0.25, 0.3) is 0 Å². The zero-order chi connectivity index (χ0) is 21.4. The minimum absolute atomic E-state index is 0.435. The van der Waals surface area contributed by atoms with Crippen molar-refractivity contribution < 1.29 is 9.47 Å². The average Bonchev–Trinajstić information content (AvgIpc) is 3.40. The predicted octanol–water partition coefficient (Wildman–Crippen LogP) is 3.11. The number of methoxy groups -OCH3 is 1. The highest BCUT2D eigenvalue weighted by Gasteiger charge is 2.21. The molecule has 5 rings (SSSR count). The van der Waals surface area contributed by atoms with Gasteiger partial charge in [-0.15, -0.1) is 0 Å². The van der Waals surface area contributed by atoms with Crippen molar-refractivity contribution in [1.82, 2.24) is 24.3 Å². The summed E-state index contributed by atoms with van der Waals surface area (Å²) in [7, 11) is 3.66. The molecule has 1 aliphatic rings. The van der Waals surface area contributed by atoms with Crippen LogP contribution in [-0.4, -0.2) is 57.7 Å². The third-order valence-electron chi connectivity index (χ3n) is 5.65. The van der Waals surface area contributed by atoms with Gasteiger partial charge in [-0.3, -0.25) is 0 Å². The normalized spacial score (nSPS) is 14.5. The molecule has 0 aliphatic carbocycles. The zero-order valence-corrected chi connectivity index (χ0v) is 18.1. The average molecular weight is 419 g/mol. The van der Waals surface area contributed by atoms with Crippen molar-refractivity contribution in [2.24, 2.45) is 7.05 Å². The van der Waals surface area contributed by atoms with Gasteiger partial charge in [0.1, 0.15) is 17.9 Å². The van der Waals surface area contributed by atoms with E-state index in [9.17, 15) is 0 Å². The Kier molecular flexibility index (Phi) is 5.17. The number of imidazole rings is 1. The maximum absolute atomic E-state index is 5.56. The van der Waals surface area contributed by atoms with Gasteiger partial charge < -0.3 is 18.9 Å². The van der Waals surface area contributed by atoms with Gasteiger partial charge >= 0.3 is 0 Å². The highest BCUT2D eigenvalue weighted by molar-refractivity contribution is 5.88. The molecule has 160 valence electrons. The van der Waals surface area contributed by atoms with Crippen molar-refractivity contribution in [2.45, 2.75) is 13.5 Å². The Morgan fingerprint density at radius 3 is 2.71 bits per heavy atom. The van der Waals surface area contributed by atoms with Gasteiger partial charge in [-0.1, -0.05) is 23.8 Å². The van der Waals surface area contributed by atoms with Crippen molar-refractivity contribution in [3.8, 4) is 17.1 Å². The number of benzene rings is 1. The highest BCUT2D eigenvalue weighted by atomic mass is 16.5. The van der Waals surface area contributed by atoms with Crippen molar-refractivity contribution >= 4 is 16.9 Å². The van der Waals surface area contributed by atoms with E-state index in [4.69, 9.17) is 24.5 Å². The molecule has 8 nitrogen and oxygen atoms in total. The van der Waals surface area contributed by atoms with Crippen LogP contribution in [0.5, 0.6) is 0 Å². The maximum atomic E-state index is 5.56. The summed E-state index contributed by atoms with van der Waals surface area (Å²) in [5.74, 6) is 1.61. The molecule has 0 N–H and O–H groups in total. The van der Waals surface area contributed by atoms with Gasteiger partial charge in [-0.2, -0.15) is 5.10 Å². The Morgan fingerprint density at radius 2 is 1.94 bits per heavy atom. The number of pyridine rings is 1. The minimum atomic E-state index is 0.435. The number of morpholine rings is 1. The monoisotopic (exact) mass is 418 g/mol. The molecular weight excluding hydrogens is 392 g/mol.